The summed E-state index contributed by atoms with van der Waals surface area (Å²) in [4.78, 5) is 24.4. The summed E-state index contributed by atoms with van der Waals surface area (Å²) in [6.45, 7) is 3.50. The highest BCUT2D eigenvalue weighted by Crippen LogP contribution is 2.26. The Balaban J connectivity index is 0.00000280. The molecule has 156 valence electrons. The largest absolute Gasteiger partial charge is 0.352 e. The van der Waals surface area contributed by atoms with E-state index in [4.69, 9.17) is 0 Å². The zero-order valence-electron chi connectivity index (χ0n) is 16.0. The Morgan fingerprint density at radius 1 is 1.07 bits per heavy atom. The lowest BCUT2D eigenvalue weighted by Gasteiger charge is -2.35. The Morgan fingerprint density at radius 2 is 1.71 bits per heavy atom. The van der Waals surface area contributed by atoms with Crippen LogP contribution in [0.3, 0.4) is 0 Å². The Morgan fingerprint density at radius 3 is 2.32 bits per heavy atom. The van der Waals surface area contributed by atoms with Crippen molar-refractivity contribution in [2.75, 3.05) is 19.6 Å². The summed E-state index contributed by atoms with van der Waals surface area (Å²) >= 11 is 0. The number of amides is 1. The number of nitrogens with one attached hydrogen (secondary N) is 2. The van der Waals surface area contributed by atoms with Crippen molar-refractivity contribution in [2.45, 2.75) is 56.0 Å². The Bertz CT molecular complexity index is 792. The highest BCUT2D eigenvalue weighted by Gasteiger charge is 2.38. The van der Waals surface area contributed by atoms with E-state index < -0.39 is 16.1 Å². The minimum atomic E-state index is -3.79. The van der Waals surface area contributed by atoms with Gasteiger partial charge in [0.05, 0.1) is 4.90 Å². The average molecular weight is 430 g/mol. The van der Waals surface area contributed by atoms with Gasteiger partial charge in [-0.15, -0.1) is 12.4 Å². The minimum Gasteiger partial charge on any atom is -0.352 e. The number of hydrogen-bond acceptors (Lipinski definition) is 5. The topological polar surface area (TPSA) is 95.6 Å². The third-order valence-corrected chi connectivity index (χ3v) is 7.23. The molecule has 3 rings (SSSR count). The molecule has 9 heteroatoms. The summed E-state index contributed by atoms with van der Waals surface area (Å²) in [5.41, 5.74) is 0.466. The summed E-state index contributed by atoms with van der Waals surface area (Å²) in [6, 6.07) is 5.35. The fourth-order valence-electron chi connectivity index (χ4n) is 3.72. The van der Waals surface area contributed by atoms with E-state index >= 15 is 0 Å². The number of rotatable bonds is 5. The molecule has 2 heterocycles. The van der Waals surface area contributed by atoms with Crippen LogP contribution in [0.5, 0.6) is 0 Å². The average Bonchev–Trinajstić information content (AvgIpc) is 2.69. The first kappa shape index (κ1) is 22.8. The standard InChI is InChI=1S/C19H27N3O4S.ClH/c1-14(23)15-5-7-17(8-6-15)27(25,26)22-13-3-2-4-18(22)19(24)21-16-9-11-20-12-10-16;/h5-8,16,18,20H,2-4,9-13H2,1H3,(H,21,24);1H. The molecule has 1 aromatic rings. The molecule has 0 spiro atoms. The van der Waals surface area contributed by atoms with Crippen molar-refractivity contribution >= 4 is 34.1 Å². The predicted molar refractivity (Wildman–Crippen MR) is 109 cm³/mol. The lowest BCUT2D eigenvalue weighted by Crippen LogP contribution is -2.54. The molecular weight excluding hydrogens is 402 g/mol. The number of carbonyl (C=O) groups excluding carboxylic acids is 2. The second-order valence-corrected chi connectivity index (χ2v) is 9.13. The van der Waals surface area contributed by atoms with Crippen molar-refractivity contribution < 1.29 is 18.0 Å². The molecule has 0 saturated carbocycles. The van der Waals surface area contributed by atoms with Gasteiger partial charge in [-0.05, 0) is 57.8 Å². The zero-order valence-corrected chi connectivity index (χ0v) is 17.7. The normalized spacial score (nSPS) is 21.5. The summed E-state index contributed by atoms with van der Waals surface area (Å²) in [5, 5.41) is 6.29. The van der Waals surface area contributed by atoms with Gasteiger partial charge in [0, 0.05) is 18.2 Å². The van der Waals surface area contributed by atoms with E-state index in [1.807, 2.05) is 0 Å². The van der Waals surface area contributed by atoms with Crippen LogP contribution in [0.2, 0.25) is 0 Å². The van der Waals surface area contributed by atoms with Gasteiger partial charge in [-0.1, -0.05) is 18.6 Å². The Kier molecular flexibility index (Phi) is 8.00. The molecule has 0 radical (unpaired) electrons. The summed E-state index contributed by atoms with van der Waals surface area (Å²) in [5.74, 6) is -0.318. The first-order valence-electron chi connectivity index (χ1n) is 9.53. The van der Waals surface area contributed by atoms with E-state index in [0.29, 0.717) is 18.5 Å². The van der Waals surface area contributed by atoms with Gasteiger partial charge in [0.25, 0.3) is 0 Å². The molecule has 2 aliphatic heterocycles. The second kappa shape index (κ2) is 9.82. The quantitative estimate of drug-likeness (QED) is 0.695. The van der Waals surface area contributed by atoms with Crippen LogP contribution < -0.4 is 10.6 Å². The van der Waals surface area contributed by atoms with Gasteiger partial charge in [-0.2, -0.15) is 4.31 Å². The lowest BCUT2D eigenvalue weighted by atomic mass is 10.0. The number of benzene rings is 1. The van der Waals surface area contributed by atoms with Crippen LogP contribution in [-0.4, -0.2) is 56.1 Å². The van der Waals surface area contributed by atoms with Crippen molar-refractivity contribution in [3.63, 3.8) is 0 Å². The first-order valence-corrected chi connectivity index (χ1v) is 11.0. The molecule has 0 aromatic heterocycles. The lowest BCUT2D eigenvalue weighted by molar-refractivity contribution is -0.126. The number of hydrogen-bond donors (Lipinski definition) is 2. The fraction of sp³-hybridized carbons (Fsp3) is 0.579. The van der Waals surface area contributed by atoms with E-state index in [0.717, 1.165) is 38.8 Å². The maximum Gasteiger partial charge on any atom is 0.243 e. The van der Waals surface area contributed by atoms with Crippen molar-refractivity contribution in [3.8, 4) is 0 Å². The summed E-state index contributed by atoms with van der Waals surface area (Å²) in [6.07, 6.45) is 3.82. The third kappa shape index (κ3) is 5.11. The molecule has 0 bridgehead atoms. The van der Waals surface area contributed by atoms with E-state index in [9.17, 15) is 18.0 Å². The van der Waals surface area contributed by atoms with Gasteiger partial charge in [0.2, 0.25) is 15.9 Å². The number of halogens is 1. The van der Waals surface area contributed by atoms with Gasteiger partial charge in [0.15, 0.2) is 5.78 Å². The highest BCUT2D eigenvalue weighted by molar-refractivity contribution is 7.89. The Hall–Kier alpha value is -1.48. The minimum absolute atomic E-state index is 0. The van der Waals surface area contributed by atoms with Crippen LogP contribution in [0.1, 0.15) is 49.4 Å². The summed E-state index contributed by atoms with van der Waals surface area (Å²) < 4.78 is 27.6. The number of ketones is 1. The second-order valence-electron chi connectivity index (χ2n) is 7.24. The molecular formula is C19H28ClN3O4S. The smallest absolute Gasteiger partial charge is 0.243 e. The van der Waals surface area contributed by atoms with Crippen molar-refractivity contribution in [1.82, 2.24) is 14.9 Å². The van der Waals surface area contributed by atoms with Crippen LogP contribution in [0, 0.1) is 0 Å². The van der Waals surface area contributed by atoms with Crippen LogP contribution in [0.25, 0.3) is 0 Å². The monoisotopic (exact) mass is 429 g/mol. The molecule has 0 aliphatic carbocycles. The fourth-order valence-corrected chi connectivity index (χ4v) is 5.37. The molecule has 2 N–H and O–H groups in total. The molecule has 1 atom stereocenters. The molecule has 2 aliphatic rings. The Labute approximate surface area is 172 Å². The number of carbonyl (C=O) groups is 2. The third-order valence-electron chi connectivity index (χ3n) is 5.31. The first-order chi connectivity index (χ1) is 12.9. The molecule has 7 nitrogen and oxygen atoms in total. The van der Waals surface area contributed by atoms with E-state index in [-0.39, 0.29) is 35.0 Å². The van der Waals surface area contributed by atoms with Gasteiger partial charge >= 0.3 is 0 Å². The maximum absolute atomic E-state index is 13.1. The van der Waals surface area contributed by atoms with Crippen LogP contribution >= 0.6 is 12.4 Å². The van der Waals surface area contributed by atoms with Crippen LogP contribution in [0.15, 0.2) is 29.2 Å². The molecule has 2 saturated heterocycles. The predicted octanol–water partition coefficient (Wildman–Crippen LogP) is 1.72. The van der Waals surface area contributed by atoms with Crippen molar-refractivity contribution in [2.24, 2.45) is 0 Å². The van der Waals surface area contributed by atoms with Gasteiger partial charge in [-0.3, -0.25) is 9.59 Å². The summed E-state index contributed by atoms with van der Waals surface area (Å²) in [7, 11) is -3.79. The van der Waals surface area contributed by atoms with Crippen molar-refractivity contribution in [1.29, 1.82) is 0 Å². The van der Waals surface area contributed by atoms with Crippen LogP contribution in [0.4, 0.5) is 0 Å². The van der Waals surface area contributed by atoms with E-state index in [2.05, 4.69) is 10.6 Å². The number of piperidine rings is 2. The molecule has 2 fully saturated rings. The molecule has 28 heavy (non-hydrogen) atoms. The SMILES string of the molecule is CC(=O)c1ccc(S(=O)(=O)N2CCCCC2C(=O)NC2CCNCC2)cc1.Cl. The van der Waals surface area contributed by atoms with Crippen molar-refractivity contribution in [3.05, 3.63) is 29.8 Å². The maximum atomic E-state index is 13.1. The van der Waals surface area contributed by atoms with E-state index in [1.165, 1.54) is 35.5 Å². The van der Waals surface area contributed by atoms with Gasteiger partial charge < -0.3 is 10.6 Å². The zero-order chi connectivity index (χ0) is 19.4. The number of nitrogens with zero attached hydrogens (tertiary/aromatic N) is 1. The van der Waals surface area contributed by atoms with Gasteiger partial charge in [-0.25, -0.2) is 8.42 Å². The number of sulfonamides is 1. The highest BCUT2D eigenvalue weighted by atomic mass is 35.5. The van der Waals surface area contributed by atoms with Crippen LogP contribution in [-0.2, 0) is 14.8 Å². The van der Waals surface area contributed by atoms with Gasteiger partial charge in [0.1, 0.15) is 6.04 Å². The molecule has 1 unspecified atom stereocenters. The molecule has 1 amide bonds. The van der Waals surface area contributed by atoms with E-state index in [1.54, 1.807) is 0 Å². The molecule has 1 aromatic carbocycles. The number of Topliss-reactive ketones (excluding diaryl/α,β-unsaturated/α-hetero) is 1.